The molecule has 2 nitrogen and oxygen atoms in total. The summed E-state index contributed by atoms with van der Waals surface area (Å²) in [5, 5.41) is 0. The Hall–Kier alpha value is -2.42. The number of hydrogen-bond acceptors (Lipinski definition) is 2. The van der Waals surface area contributed by atoms with Crippen LogP contribution >= 0.6 is 0 Å². The van der Waals surface area contributed by atoms with Crippen LogP contribution in [-0.4, -0.2) is 89.8 Å². The van der Waals surface area contributed by atoms with E-state index in [4.69, 9.17) is 0 Å². The number of hydrogen-bond donors (Lipinski definition) is 0. The quantitative estimate of drug-likeness (QED) is 0.140. The molecule has 0 aliphatic heterocycles. The minimum atomic E-state index is -9.83. The average Bonchev–Trinajstić information content (AvgIpc) is 2.81. The third-order valence-corrected chi connectivity index (χ3v) is 5.23. The number of carbonyl (C=O) groups excluding carboxylic acids is 1. The predicted octanol–water partition coefficient (Wildman–Crippen LogP) is 8.74. The first-order valence-corrected chi connectivity index (χ1v) is 9.76. The van der Waals surface area contributed by atoms with Gasteiger partial charge in [0, 0.05) is 0 Å². The molecule has 45 heavy (non-hydrogen) atoms. The largest absolute Gasteiger partial charge is 0.461 e. The van der Waals surface area contributed by atoms with E-state index in [1.54, 1.807) is 0 Å². The van der Waals surface area contributed by atoms with E-state index in [2.05, 4.69) is 4.74 Å². The van der Waals surface area contributed by atoms with Gasteiger partial charge in [-0.1, -0.05) is 0 Å². The van der Waals surface area contributed by atoms with Gasteiger partial charge in [0.25, 0.3) is 0 Å². The first-order valence-electron chi connectivity index (χ1n) is 9.76. The molecule has 0 saturated carbocycles. The molecule has 0 aliphatic rings. The van der Waals surface area contributed by atoms with Crippen molar-refractivity contribution in [2.24, 2.45) is 0 Å². The van der Waals surface area contributed by atoms with Crippen molar-refractivity contribution in [3.05, 3.63) is 0 Å². The second-order valence-corrected chi connectivity index (χ2v) is 8.11. The molecule has 0 aromatic rings. The summed E-state index contributed by atoms with van der Waals surface area (Å²) in [4.78, 5) is 10.7. The SMILES string of the molecule is CCOC(=O)C(F)(F)C(F)(F)C(F)(F)C(F)(F)C(F)(F)C(F)(F)C(F)(F)C(F)(F)C(F)(F)C(F)(F)C(F)(F)C(F)(F)C(F)(F)F. The molecule has 0 aromatic heterocycles. The molecular weight excluding hydrogens is 737 g/mol. The van der Waals surface area contributed by atoms with Crippen LogP contribution in [0.3, 0.4) is 0 Å². The van der Waals surface area contributed by atoms with Crippen LogP contribution in [-0.2, 0) is 9.53 Å². The highest BCUT2D eigenvalue weighted by Gasteiger charge is 3.00. The van der Waals surface area contributed by atoms with Gasteiger partial charge in [-0.05, 0) is 6.92 Å². The fourth-order valence-corrected chi connectivity index (χ4v) is 2.50. The number of carbonyl (C=O) groups is 1. The molecule has 0 bridgehead atoms. The van der Waals surface area contributed by atoms with E-state index in [1.807, 2.05) is 0 Å². The van der Waals surface area contributed by atoms with Crippen molar-refractivity contribution in [3.63, 3.8) is 0 Å². The van der Waals surface area contributed by atoms with Crippen molar-refractivity contribution in [1.82, 2.24) is 0 Å². The zero-order valence-electron chi connectivity index (χ0n) is 19.7. The van der Waals surface area contributed by atoms with Crippen LogP contribution in [0.15, 0.2) is 0 Å². The van der Waals surface area contributed by atoms with Crippen molar-refractivity contribution in [2.45, 2.75) is 84.2 Å². The van der Waals surface area contributed by atoms with Crippen LogP contribution in [0, 0.1) is 0 Å². The second kappa shape index (κ2) is 10.5. The first-order chi connectivity index (χ1) is 19.0. The minimum Gasteiger partial charge on any atom is -0.461 e. The molecule has 0 aliphatic carbocycles. The molecule has 0 amide bonds. The zero-order chi connectivity index (χ0) is 37.5. The predicted molar refractivity (Wildman–Crippen MR) is 82.1 cm³/mol. The number of alkyl halides is 27. The Morgan fingerprint density at radius 3 is 0.711 bits per heavy atom. The molecule has 0 atom stereocenters. The number of rotatable bonds is 13. The van der Waals surface area contributed by atoms with E-state index in [0.717, 1.165) is 0 Å². The van der Waals surface area contributed by atoms with Crippen LogP contribution < -0.4 is 0 Å². The second-order valence-electron chi connectivity index (χ2n) is 8.11. The van der Waals surface area contributed by atoms with E-state index in [1.165, 1.54) is 0 Å². The summed E-state index contributed by atoms with van der Waals surface area (Å²) in [5.41, 5.74) is 0. The Kier molecular flexibility index (Phi) is 9.98. The van der Waals surface area contributed by atoms with Gasteiger partial charge in [-0.2, -0.15) is 119 Å². The third kappa shape index (κ3) is 4.96. The van der Waals surface area contributed by atoms with Gasteiger partial charge in [0.05, 0.1) is 6.61 Å². The summed E-state index contributed by atoms with van der Waals surface area (Å²) in [6, 6.07) is 0. The van der Waals surface area contributed by atoms with E-state index in [9.17, 15) is 123 Å². The Balaban J connectivity index is 7.47. The van der Waals surface area contributed by atoms with Gasteiger partial charge in [0.1, 0.15) is 0 Å². The normalized spacial score (nSPS) is 16.6. The Morgan fingerprint density at radius 2 is 0.533 bits per heavy atom. The van der Waals surface area contributed by atoms with Crippen molar-refractivity contribution >= 4 is 5.97 Å². The summed E-state index contributed by atoms with van der Waals surface area (Å²) >= 11 is 0. The van der Waals surface area contributed by atoms with E-state index in [-0.39, 0.29) is 0 Å². The molecule has 0 fully saturated rings. The zero-order valence-corrected chi connectivity index (χ0v) is 19.7. The fourth-order valence-electron chi connectivity index (χ4n) is 2.50. The molecule has 0 radical (unpaired) electrons. The smallest absolute Gasteiger partial charge is 0.460 e. The molecule has 0 aromatic carbocycles. The lowest BCUT2D eigenvalue weighted by atomic mass is 9.84. The highest BCUT2D eigenvalue weighted by molar-refractivity contribution is 5.79. The monoisotopic (exact) mass is 742 g/mol. The van der Waals surface area contributed by atoms with Crippen LogP contribution in [0.1, 0.15) is 6.92 Å². The highest BCUT2D eigenvalue weighted by Crippen LogP contribution is 2.68. The summed E-state index contributed by atoms with van der Waals surface area (Å²) in [6.07, 6.45) is -8.25. The Bertz CT molecular complexity index is 1100. The van der Waals surface area contributed by atoms with Crippen molar-refractivity contribution in [3.8, 4) is 0 Å². The van der Waals surface area contributed by atoms with Crippen molar-refractivity contribution in [1.29, 1.82) is 0 Å². The molecule has 0 saturated heterocycles. The lowest BCUT2D eigenvalue weighted by Crippen LogP contribution is -2.79. The van der Waals surface area contributed by atoms with Gasteiger partial charge in [-0.15, -0.1) is 0 Å². The number of esters is 1. The van der Waals surface area contributed by atoms with Crippen LogP contribution in [0.4, 0.5) is 119 Å². The fraction of sp³-hybridized carbons (Fsp3) is 0.938. The average molecular weight is 742 g/mol. The number of halogens is 27. The molecular formula is C16H5F27O2. The van der Waals surface area contributed by atoms with Crippen LogP contribution in [0.25, 0.3) is 0 Å². The topological polar surface area (TPSA) is 26.3 Å². The summed E-state index contributed by atoms with van der Waals surface area (Å²) in [6.45, 7) is -1.23. The molecule has 29 heteroatoms. The minimum absolute atomic E-state index is 0.356. The van der Waals surface area contributed by atoms with Gasteiger partial charge in [0.15, 0.2) is 0 Å². The van der Waals surface area contributed by atoms with Gasteiger partial charge < -0.3 is 4.74 Å². The molecule has 0 rings (SSSR count). The number of ether oxygens (including phenoxy) is 1. The van der Waals surface area contributed by atoms with Gasteiger partial charge in [0.2, 0.25) is 0 Å². The van der Waals surface area contributed by atoms with Gasteiger partial charge in [-0.3, -0.25) is 0 Å². The van der Waals surface area contributed by atoms with E-state index < -0.39 is 89.8 Å². The summed E-state index contributed by atoms with van der Waals surface area (Å²) in [5.74, 6) is -115. The first kappa shape index (κ1) is 42.6. The Morgan fingerprint density at radius 1 is 0.356 bits per heavy atom. The Labute approximate surface area is 226 Å². The van der Waals surface area contributed by atoms with Crippen LogP contribution in [0.5, 0.6) is 0 Å². The van der Waals surface area contributed by atoms with Crippen molar-refractivity contribution < 1.29 is 128 Å². The maximum Gasteiger partial charge on any atom is 0.460 e. The molecule has 0 N–H and O–H groups in total. The van der Waals surface area contributed by atoms with E-state index in [0.29, 0.717) is 6.92 Å². The molecule has 0 unspecified atom stereocenters. The molecule has 0 spiro atoms. The lowest BCUT2D eigenvalue weighted by molar-refractivity contribution is -0.484. The molecule has 0 heterocycles. The van der Waals surface area contributed by atoms with Crippen LogP contribution in [0.2, 0.25) is 0 Å². The molecule has 270 valence electrons. The van der Waals surface area contributed by atoms with Gasteiger partial charge >= 0.3 is 83.2 Å². The highest BCUT2D eigenvalue weighted by atomic mass is 19.4. The van der Waals surface area contributed by atoms with Crippen molar-refractivity contribution in [2.75, 3.05) is 6.61 Å². The van der Waals surface area contributed by atoms with E-state index >= 15 is 0 Å². The maximum atomic E-state index is 13.7. The summed E-state index contributed by atoms with van der Waals surface area (Å²) < 4.78 is 362. The van der Waals surface area contributed by atoms with Gasteiger partial charge in [-0.25, -0.2) is 4.79 Å². The lowest BCUT2D eigenvalue weighted by Gasteiger charge is -2.45. The third-order valence-electron chi connectivity index (χ3n) is 5.23. The summed E-state index contributed by atoms with van der Waals surface area (Å²) in [7, 11) is 0. The standard InChI is InChI=1S/C16H5F27O2/c1-2-45-3(44)4(17,18)5(19,20)6(21,22)7(23,24)8(25,26)9(27,28)10(29,30)11(31,32)12(33,34)13(35,36)14(37,38)15(39,40)16(41,42)43/h2H2,1H3. The maximum absolute atomic E-state index is 13.7.